The monoisotopic (exact) mass is 267 g/mol. The molecule has 3 heteroatoms. The van der Waals surface area contributed by atoms with Crippen molar-refractivity contribution in [1.82, 2.24) is 9.78 Å². The highest BCUT2D eigenvalue weighted by Gasteiger charge is 2.22. The smallest absolute Gasteiger partial charge is 0.0841 e. The van der Waals surface area contributed by atoms with Gasteiger partial charge in [0, 0.05) is 24.3 Å². The van der Waals surface area contributed by atoms with Gasteiger partial charge in [0.1, 0.15) is 0 Å². The Kier molecular flexibility index (Phi) is 2.88. The molecule has 0 bridgehead atoms. The van der Waals surface area contributed by atoms with E-state index in [1.165, 1.54) is 60.1 Å². The van der Waals surface area contributed by atoms with E-state index in [1.54, 1.807) is 0 Å². The maximum Gasteiger partial charge on any atom is 0.0841 e. The molecule has 2 aliphatic rings. The summed E-state index contributed by atoms with van der Waals surface area (Å²) in [6.45, 7) is 1.58. The van der Waals surface area contributed by atoms with Crippen molar-refractivity contribution in [3.05, 3.63) is 40.7 Å². The van der Waals surface area contributed by atoms with Crippen molar-refractivity contribution in [2.24, 2.45) is 5.73 Å². The van der Waals surface area contributed by atoms with Gasteiger partial charge in [0.05, 0.1) is 5.69 Å². The second-order valence-corrected chi connectivity index (χ2v) is 5.99. The topological polar surface area (TPSA) is 43.8 Å². The van der Waals surface area contributed by atoms with Gasteiger partial charge in [-0.1, -0.05) is 18.2 Å². The lowest BCUT2D eigenvalue weighted by molar-refractivity contribution is 0.484. The average Bonchev–Trinajstić information content (AvgIpc) is 3.09. The quantitative estimate of drug-likeness (QED) is 0.909. The Morgan fingerprint density at radius 2 is 1.95 bits per heavy atom. The SMILES string of the molecule is NCc1nn2c(c1-c1ccc3c(c1)CCC3)CCCC2. The third-order valence-corrected chi connectivity index (χ3v) is 4.74. The molecule has 1 aromatic carbocycles. The zero-order chi connectivity index (χ0) is 13.5. The van der Waals surface area contributed by atoms with E-state index >= 15 is 0 Å². The van der Waals surface area contributed by atoms with Crippen molar-refractivity contribution in [2.75, 3.05) is 0 Å². The molecule has 0 saturated heterocycles. The van der Waals surface area contributed by atoms with Gasteiger partial charge in [-0.15, -0.1) is 0 Å². The first-order valence-electron chi connectivity index (χ1n) is 7.77. The molecule has 0 fully saturated rings. The minimum Gasteiger partial charge on any atom is -0.325 e. The van der Waals surface area contributed by atoms with Gasteiger partial charge in [-0.25, -0.2) is 0 Å². The molecule has 1 aliphatic heterocycles. The first kappa shape index (κ1) is 12.2. The van der Waals surface area contributed by atoms with Gasteiger partial charge in [0.15, 0.2) is 0 Å². The fourth-order valence-corrected chi connectivity index (χ4v) is 3.75. The van der Waals surface area contributed by atoms with E-state index in [4.69, 9.17) is 10.8 Å². The number of nitrogens with two attached hydrogens (primary N) is 1. The molecule has 0 atom stereocenters. The van der Waals surface area contributed by atoms with Crippen LogP contribution in [0.1, 0.15) is 41.8 Å². The molecular weight excluding hydrogens is 246 g/mol. The summed E-state index contributed by atoms with van der Waals surface area (Å²) in [5, 5.41) is 4.73. The van der Waals surface area contributed by atoms with Gasteiger partial charge in [-0.05, 0) is 55.2 Å². The Hall–Kier alpha value is -1.61. The standard InChI is InChI=1S/C17H21N3/c18-11-15-17(16-6-1-2-9-20(16)19-15)14-8-7-12-4-3-5-13(12)10-14/h7-8,10H,1-6,9,11,18H2. The fourth-order valence-electron chi connectivity index (χ4n) is 3.75. The molecule has 1 aromatic heterocycles. The van der Waals surface area contributed by atoms with Crippen molar-refractivity contribution in [1.29, 1.82) is 0 Å². The van der Waals surface area contributed by atoms with Crippen molar-refractivity contribution >= 4 is 0 Å². The zero-order valence-electron chi connectivity index (χ0n) is 11.9. The Morgan fingerprint density at radius 1 is 1.05 bits per heavy atom. The highest BCUT2D eigenvalue weighted by molar-refractivity contribution is 5.70. The van der Waals surface area contributed by atoms with Gasteiger partial charge >= 0.3 is 0 Å². The normalized spacial score (nSPS) is 17.1. The number of hydrogen-bond donors (Lipinski definition) is 1. The number of aromatic nitrogens is 2. The predicted molar refractivity (Wildman–Crippen MR) is 80.5 cm³/mol. The predicted octanol–water partition coefficient (Wildman–Crippen LogP) is 2.83. The molecule has 3 nitrogen and oxygen atoms in total. The van der Waals surface area contributed by atoms with Crippen LogP contribution in [0.2, 0.25) is 0 Å². The molecule has 2 heterocycles. The van der Waals surface area contributed by atoms with Crippen LogP contribution >= 0.6 is 0 Å². The molecule has 0 amide bonds. The van der Waals surface area contributed by atoms with Crippen molar-refractivity contribution in [3.8, 4) is 11.1 Å². The van der Waals surface area contributed by atoms with Gasteiger partial charge in [0.25, 0.3) is 0 Å². The van der Waals surface area contributed by atoms with Crippen LogP contribution in [0.3, 0.4) is 0 Å². The summed E-state index contributed by atoms with van der Waals surface area (Å²) in [6.07, 6.45) is 7.42. The van der Waals surface area contributed by atoms with E-state index in [-0.39, 0.29) is 0 Å². The van der Waals surface area contributed by atoms with E-state index in [0.29, 0.717) is 6.54 Å². The second-order valence-electron chi connectivity index (χ2n) is 5.99. The Morgan fingerprint density at radius 3 is 2.85 bits per heavy atom. The summed E-state index contributed by atoms with van der Waals surface area (Å²) in [7, 11) is 0. The van der Waals surface area contributed by atoms with Crippen LogP contribution in [0.15, 0.2) is 18.2 Å². The summed E-state index contributed by atoms with van der Waals surface area (Å²) in [6, 6.07) is 6.97. The summed E-state index contributed by atoms with van der Waals surface area (Å²) >= 11 is 0. The van der Waals surface area contributed by atoms with E-state index in [9.17, 15) is 0 Å². The van der Waals surface area contributed by atoms with E-state index < -0.39 is 0 Å². The Bertz CT molecular complexity index is 654. The van der Waals surface area contributed by atoms with Gasteiger partial charge in [-0.3, -0.25) is 4.68 Å². The molecule has 0 unspecified atom stereocenters. The third-order valence-electron chi connectivity index (χ3n) is 4.74. The van der Waals surface area contributed by atoms with Crippen LogP contribution < -0.4 is 5.73 Å². The molecule has 2 aromatic rings. The van der Waals surface area contributed by atoms with Crippen molar-refractivity contribution < 1.29 is 0 Å². The van der Waals surface area contributed by atoms with Crippen LogP contribution in [-0.4, -0.2) is 9.78 Å². The first-order chi connectivity index (χ1) is 9.86. The highest BCUT2D eigenvalue weighted by atomic mass is 15.3. The molecular formula is C17H21N3. The molecule has 104 valence electrons. The Labute approximate surface area is 119 Å². The van der Waals surface area contributed by atoms with Gasteiger partial charge in [0.2, 0.25) is 0 Å². The summed E-state index contributed by atoms with van der Waals surface area (Å²) in [5.41, 5.74) is 14.1. The molecule has 20 heavy (non-hydrogen) atoms. The minimum absolute atomic E-state index is 0.534. The number of benzene rings is 1. The summed E-state index contributed by atoms with van der Waals surface area (Å²) in [4.78, 5) is 0. The largest absolute Gasteiger partial charge is 0.325 e. The van der Waals surface area contributed by atoms with Gasteiger partial charge in [-0.2, -0.15) is 5.10 Å². The number of nitrogens with zero attached hydrogens (tertiary/aromatic N) is 2. The minimum atomic E-state index is 0.534. The van der Waals surface area contributed by atoms with E-state index in [0.717, 1.165) is 18.7 Å². The highest BCUT2D eigenvalue weighted by Crippen LogP contribution is 2.34. The average molecular weight is 267 g/mol. The molecule has 4 rings (SSSR count). The number of aryl methyl sites for hydroxylation is 3. The number of rotatable bonds is 2. The maximum absolute atomic E-state index is 5.94. The van der Waals surface area contributed by atoms with Crippen molar-refractivity contribution in [3.63, 3.8) is 0 Å². The van der Waals surface area contributed by atoms with E-state index in [2.05, 4.69) is 22.9 Å². The number of hydrogen-bond acceptors (Lipinski definition) is 2. The van der Waals surface area contributed by atoms with E-state index in [1.807, 2.05) is 0 Å². The Balaban J connectivity index is 1.87. The van der Waals surface area contributed by atoms with Crippen LogP contribution in [0, 0.1) is 0 Å². The lowest BCUT2D eigenvalue weighted by Crippen LogP contribution is -2.11. The third kappa shape index (κ3) is 1.80. The zero-order valence-corrected chi connectivity index (χ0v) is 11.9. The van der Waals surface area contributed by atoms with Crippen LogP contribution in [-0.2, 0) is 32.4 Å². The number of fused-ring (bicyclic) bond motifs is 2. The summed E-state index contributed by atoms with van der Waals surface area (Å²) in [5.74, 6) is 0. The molecule has 0 spiro atoms. The first-order valence-corrected chi connectivity index (χ1v) is 7.77. The second kappa shape index (κ2) is 4.74. The van der Waals surface area contributed by atoms with Crippen LogP contribution in [0.4, 0.5) is 0 Å². The van der Waals surface area contributed by atoms with Gasteiger partial charge < -0.3 is 5.73 Å². The maximum atomic E-state index is 5.94. The molecule has 0 radical (unpaired) electrons. The lowest BCUT2D eigenvalue weighted by Gasteiger charge is -2.15. The van der Waals surface area contributed by atoms with Crippen molar-refractivity contribution in [2.45, 2.75) is 51.6 Å². The van der Waals surface area contributed by atoms with Crippen LogP contribution in [0.25, 0.3) is 11.1 Å². The van der Waals surface area contributed by atoms with Crippen LogP contribution in [0.5, 0.6) is 0 Å². The molecule has 2 N–H and O–H groups in total. The summed E-state index contributed by atoms with van der Waals surface area (Å²) < 4.78 is 2.19. The molecule has 0 saturated carbocycles. The lowest BCUT2D eigenvalue weighted by atomic mass is 9.96. The fraction of sp³-hybridized carbons (Fsp3) is 0.471. The molecule has 1 aliphatic carbocycles.